The van der Waals surface area contributed by atoms with Crippen LogP contribution in [-0.2, 0) is 6.54 Å². The minimum absolute atomic E-state index is 0.161. The quantitative estimate of drug-likeness (QED) is 0.680. The molecule has 0 amide bonds. The van der Waals surface area contributed by atoms with Crippen molar-refractivity contribution in [3.05, 3.63) is 51.2 Å². The first-order valence-corrected chi connectivity index (χ1v) is 5.53. The average Bonchev–Trinajstić information content (AvgIpc) is 2.73. The number of pyridine rings is 1. The van der Waals surface area contributed by atoms with E-state index in [1.54, 1.807) is 6.07 Å². The lowest BCUT2D eigenvalue weighted by Gasteiger charge is -2.06. The lowest BCUT2D eigenvalue weighted by Crippen LogP contribution is -2.03. The van der Waals surface area contributed by atoms with Crippen molar-refractivity contribution in [2.24, 2.45) is 0 Å². The molecule has 0 bridgehead atoms. The normalized spacial score (nSPS) is 10.3. The maximum atomic E-state index is 10.8. The number of aromatic nitrogens is 1. The Morgan fingerprint density at radius 1 is 1.50 bits per heavy atom. The minimum atomic E-state index is -0.533. The molecule has 0 aliphatic carbocycles. The number of nitrogens with one attached hydrogen (secondary N) is 1. The van der Waals surface area contributed by atoms with Crippen LogP contribution in [0.2, 0.25) is 5.02 Å². The van der Waals surface area contributed by atoms with Crippen molar-refractivity contribution in [2.75, 3.05) is 5.32 Å². The van der Waals surface area contributed by atoms with Gasteiger partial charge in [-0.2, -0.15) is 0 Å². The largest absolute Gasteiger partial charge is 0.465 e. The summed E-state index contributed by atoms with van der Waals surface area (Å²) in [6.07, 6.45) is 2.51. The van der Waals surface area contributed by atoms with Crippen LogP contribution < -0.4 is 5.32 Å². The van der Waals surface area contributed by atoms with E-state index < -0.39 is 4.92 Å². The van der Waals surface area contributed by atoms with E-state index in [2.05, 4.69) is 10.3 Å². The number of rotatable bonds is 4. The van der Waals surface area contributed by atoms with E-state index in [9.17, 15) is 10.1 Å². The molecule has 0 atom stereocenters. The van der Waals surface area contributed by atoms with E-state index in [-0.39, 0.29) is 16.4 Å². The van der Waals surface area contributed by atoms with Crippen LogP contribution >= 0.6 is 11.6 Å². The summed E-state index contributed by atoms with van der Waals surface area (Å²) in [5.74, 6) is 1.46. The van der Waals surface area contributed by atoms with Crippen LogP contribution in [0.3, 0.4) is 0 Å². The van der Waals surface area contributed by atoms with Crippen LogP contribution in [0.25, 0.3) is 0 Å². The number of aryl methyl sites for hydroxylation is 1. The highest BCUT2D eigenvalue weighted by atomic mass is 35.5. The van der Waals surface area contributed by atoms with Crippen LogP contribution in [0.15, 0.2) is 28.9 Å². The number of hydrogen-bond acceptors (Lipinski definition) is 5. The van der Waals surface area contributed by atoms with Crippen LogP contribution in [-0.4, -0.2) is 9.91 Å². The fourth-order valence-corrected chi connectivity index (χ4v) is 1.71. The van der Waals surface area contributed by atoms with Crippen molar-refractivity contribution in [3.63, 3.8) is 0 Å². The van der Waals surface area contributed by atoms with Gasteiger partial charge in [-0.25, -0.2) is 0 Å². The molecule has 0 aliphatic rings. The van der Waals surface area contributed by atoms with Gasteiger partial charge in [-0.1, -0.05) is 11.6 Å². The Balaban J connectivity index is 2.20. The number of hydrogen-bond donors (Lipinski definition) is 1. The molecule has 0 saturated heterocycles. The molecule has 0 unspecified atom stereocenters. The van der Waals surface area contributed by atoms with E-state index in [0.29, 0.717) is 12.3 Å². The first kappa shape index (κ1) is 12.4. The van der Waals surface area contributed by atoms with Gasteiger partial charge in [-0.15, -0.1) is 0 Å². The molecule has 18 heavy (non-hydrogen) atoms. The molecule has 0 fully saturated rings. The molecular weight excluding hydrogens is 258 g/mol. The number of halogens is 1. The maximum absolute atomic E-state index is 10.8. The van der Waals surface area contributed by atoms with E-state index >= 15 is 0 Å². The van der Waals surface area contributed by atoms with Gasteiger partial charge in [0.2, 0.25) is 0 Å². The summed E-state index contributed by atoms with van der Waals surface area (Å²) in [7, 11) is 0. The highest BCUT2D eigenvalue weighted by Gasteiger charge is 2.17. The Labute approximate surface area is 108 Å². The van der Waals surface area contributed by atoms with Crippen molar-refractivity contribution >= 4 is 23.0 Å². The summed E-state index contributed by atoms with van der Waals surface area (Å²) < 4.78 is 5.35. The number of nitrogens with zero attached hydrogens (tertiary/aromatic N) is 2. The summed E-state index contributed by atoms with van der Waals surface area (Å²) in [5.41, 5.74) is 0.0801. The Kier molecular flexibility index (Phi) is 3.47. The lowest BCUT2D eigenvalue weighted by atomic mass is 10.3. The molecule has 2 aromatic rings. The smallest absolute Gasteiger partial charge is 0.311 e. The summed E-state index contributed by atoms with van der Waals surface area (Å²) in [4.78, 5) is 14.0. The second kappa shape index (κ2) is 5.05. The molecule has 0 spiro atoms. The highest BCUT2D eigenvalue weighted by molar-refractivity contribution is 6.33. The molecule has 6 nitrogen and oxygen atoms in total. The first-order valence-electron chi connectivity index (χ1n) is 5.15. The molecule has 94 valence electrons. The van der Waals surface area contributed by atoms with Crippen molar-refractivity contribution in [1.82, 2.24) is 4.98 Å². The molecule has 2 aromatic heterocycles. The van der Waals surface area contributed by atoms with E-state index in [1.165, 1.54) is 6.20 Å². The molecule has 0 aliphatic heterocycles. The van der Waals surface area contributed by atoms with Crippen LogP contribution in [0.4, 0.5) is 11.4 Å². The van der Waals surface area contributed by atoms with Crippen LogP contribution in [0, 0.1) is 17.0 Å². The van der Waals surface area contributed by atoms with Gasteiger partial charge in [0.05, 0.1) is 16.5 Å². The number of nitro groups is 1. The Morgan fingerprint density at radius 2 is 2.28 bits per heavy atom. The van der Waals surface area contributed by atoms with Crippen LogP contribution in [0.1, 0.15) is 11.5 Å². The van der Waals surface area contributed by atoms with Gasteiger partial charge in [-0.3, -0.25) is 15.1 Å². The van der Waals surface area contributed by atoms with Crippen molar-refractivity contribution in [1.29, 1.82) is 0 Å². The maximum Gasteiger partial charge on any atom is 0.311 e. The fraction of sp³-hybridized carbons (Fsp3) is 0.182. The molecule has 0 saturated carbocycles. The monoisotopic (exact) mass is 267 g/mol. The predicted octanol–water partition coefficient (Wildman–Crippen LogP) is 3.16. The third-order valence-corrected chi connectivity index (χ3v) is 2.60. The minimum Gasteiger partial charge on any atom is -0.465 e. The zero-order valence-corrected chi connectivity index (χ0v) is 10.3. The summed E-state index contributed by atoms with van der Waals surface area (Å²) in [5, 5.41) is 13.9. The Bertz CT molecular complexity index is 583. The van der Waals surface area contributed by atoms with E-state index in [4.69, 9.17) is 16.0 Å². The lowest BCUT2D eigenvalue weighted by molar-refractivity contribution is -0.384. The third-order valence-electron chi connectivity index (χ3n) is 2.31. The van der Waals surface area contributed by atoms with Gasteiger partial charge in [0, 0.05) is 6.20 Å². The van der Waals surface area contributed by atoms with Crippen molar-refractivity contribution in [3.8, 4) is 0 Å². The Hall–Kier alpha value is -2.08. The zero-order valence-electron chi connectivity index (χ0n) is 9.51. The van der Waals surface area contributed by atoms with Crippen molar-refractivity contribution < 1.29 is 9.34 Å². The average molecular weight is 268 g/mol. The molecule has 1 N–H and O–H groups in total. The summed E-state index contributed by atoms with van der Waals surface area (Å²) in [6.45, 7) is 2.14. The van der Waals surface area contributed by atoms with E-state index in [0.717, 1.165) is 12.0 Å². The molecule has 2 rings (SSSR count). The predicted molar refractivity (Wildman–Crippen MR) is 66.7 cm³/mol. The second-order valence-electron chi connectivity index (χ2n) is 3.64. The second-order valence-corrected chi connectivity index (χ2v) is 4.05. The zero-order chi connectivity index (χ0) is 13.1. The van der Waals surface area contributed by atoms with Gasteiger partial charge in [-0.05, 0) is 19.1 Å². The molecule has 2 heterocycles. The molecule has 7 heteroatoms. The number of furan rings is 1. The SMILES string of the molecule is Cc1ccc(CNc2c(Cl)cncc2[N+](=O)[O-])o1. The van der Waals surface area contributed by atoms with Gasteiger partial charge in [0.15, 0.2) is 0 Å². The van der Waals surface area contributed by atoms with Gasteiger partial charge >= 0.3 is 5.69 Å². The number of anilines is 1. The summed E-state index contributed by atoms with van der Waals surface area (Å²) >= 11 is 5.88. The van der Waals surface area contributed by atoms with Gasteiger partial charge in [0.25, 0.3) is 0 Å². The fourth-order valence-electron chi connectivity index (χ4n) is 1.49. The summed E-state index contributed by atoms with van der Waals surface area (Å²) in [6, 6.07) is 3.61. The highest BCUT2D eigenvalue weighted by Crippen LogP contribution is 2.31. The van der Waals surface area contributed by atoms with Crippen molar-refractivity contribution in [2.45, 2.75) is 13.5 Å². The molecule has 0 aromatic carbocycles. The Morgan fingerprint density at radius 3 is 2.89 bits per heavy atom. The third kappa shape index (κ3) is 2.60. The first-order chi connectivity index (χ1) is 8.58. The molecular formula is C11H10ClN3O3. The van der Waals surface area contributed by atoms with Gasteiger partial charge in [0.1, 0.15) is 23.4 Å². The topological polar surface area (TPSA) is 81.2 Å². The van der Waals surface area contributed by atoms with Crippen LogP contribution in [0.5, 0.6) is 0 Å². The molecule has 0 radical (unpaired) electrons. The van der Waals surface area contributed by atoms with Gasteiger partial charge < -0.3 is 9.73 Å². The van der Waals surface area contributed by atoms with E-state index in [1.807, 2.05) is 13.0 Å². The standard InChI is InChI=1S/C11H10ClN3O3/c1-7-2-3-8(18-7)4-14-11-9(12)5-13-6-10(11)15(16)17/h2-3,5-6H,4H2,1H3,(H,13,14).